The first-order valence-electron chi connectivity index (χ1n) is 6.37. The van der Waals surface area contributed by atoms with E-state index in [1.807, 2.05) is 18.3 Å². The van der Waals surface area contributed by atoms with E-state index in [0.29, 0.717) is 6.04 Å². The van der Waals surface area contributed by atoms with Crippen LogP contribution in [0.3, 0.4) is 0 Å². The molecule has 0 bridgehead atoms. The van der Waals surface area contributed by atoms with Gasteiger partial charge in [-0.25, -0.2) is 0 Å². The molecule has 0 aliphatic rings. The van der Waals surface area contributed by atoms with Crippen LogP contribution in [0.4, 0.5) is 0 Å². The first kappa shape index (κ1) is 12.6. The van der Waals surface area contributed by atoms with Gasteiger partial charge in [0, 0.05) is 24.0 Å². The van der Waals surface area contributed by atoms with Gasteiger partial charge in [-0.1, -0.05) is 25.1 Å². The number of terminal acetylenes is 1. The molecule has 1 N–H and O–H groups in total. The Morgan fingerprint density at radius 3 is 3.00 bits per heavy atom. The van der Waals surface area contributed by atoms with E-state index in [1.165, 1.54) is 10.9 Å². The number of fused-ring (bicyclic) bond motifs is 1. The maximum atomic E-state index is 5.37. The molecule has 2 rings (SSSR count). The smallest absolute Gasteiger partial charge is 0.0705 e. The van der Waals surface area contributed by atoms with Crippen molar-refractivity contribution in [2.75, 3.05) is 6.54 Å². The lowest BCUT2D eigenvalue weighted by molar-refractivity contribution is 0.526. The van der Waals surface area contributed by atoms with Gasteiger partial charge < -0.3 is 5.32 Å². The summed E-state index contributed by atoms with van der Waals surface area (Å²) in [6.45, 7) is 3.05. The molecule has 1 aromatic carbocycles. The summed E-state index contributed by atoms with van der Waals surface area (Å²) in [6.07, 6.45) is 8.95. The molecule has 2 heteroatoms. The highest BCUT2D eigenvalue weighted by molar-refractivity contribution is 5.82. The van der Waals surface area contributed by atoms with Crippen LogP contribution in [0.25, 0.3) is 10.9 Å². The Morgan fingerprint density at radius 2 is 2.22 bits per heavy atom. The van der Waals surface area contributed by atoms with Crippen molar-refractivity contribution in [3.63, 3.8) is 0 Å². The first-order chi connectivity index (χ1) is 8.86. The third kappa shape index (κ3) is 2.69. The molecular formula is C16H18N2. The summed E-state index contributed by atoms with van der Waals surface area (Å²) >= 11 is 0. The van der Waals surface area contributed by atoms with Gasteiger partial charge in [0.2, 0.25) is 0 Å². The molecule has 1 aromatic heterocycles. The zero-order valence-electron chi connectivity index (χ0n) is 10.7. The van der Waals surface area contributed by atoms with E-state index in [0.717, 1.165) is 24.9 Å². The summed E-state index contributed by atoms with van der Waals surface area (Å²) in [5, 5.41) is 4.71. The van der Waals surface area contributed by atoms with Gasteiger partial charge in [0.25, 0.3) is 0 Å². The van der Waals surface area contributed by atoms with Crippen LogP contribution in [0.2, 0.25) is 0 Å². The number of nitrogens with zero attached hydrogens (tertiary/aromatic N) is 1. The molecule has 0 spiro atoms. The number of aromatic nitrogens is 1. The summed E-state index contributed by atoms with van der Waals surface area (Å²) < 4.78 is 0. The lowest BCUT2D eigenvalue weighted by atomic mass is 9.97. The third-order valence-corrected chi connectivity index (χ3v) is 3.08. The predicted molar refractivity (Wildman–Crippen MR) is 76.2 cm³/mol. The molecule has 0 saturated carbocycles. The molecule has 1 heterocycles. The monoisotopic (exact) mass is 238 g/mol. The van der Waals surface area contributed by atoms with Crippen molar-refractivity contribution in [3.05, 3.63) is 42.1 Å². The normalized spacial score (nSPS) is 12.2. The Labute approximate surface area is 108 Å². The standard InChI is InChI=1S/C16H18N2/c1-3-5-10-15(17-4-2)13-8-6-11-16-14(13)9-7-12-18-16/h1,6-9,11-12,15,17H,4-5,10H2,2H3. The van der Waals surface area contributed by atoms with E-state index >= 15 is 0 Å². The fourth-order valence-corrected chi connectivity index (χ4v) is 2.27. The number of pyridine rings is 1. The van der Waals surface area contributed by atoms with Gasteiger partial charge in [0.15, 0.2) is 0 Å². The number of nitrogens with one attached hydrogen (secondary N) is 1. The molecule has 2 aromatic rings. The van der Waals surface area contributed by atoms with E-state index in [9.17, 15) is 0 Å². The average molecular weight is 238 g/mol. The molecule has 0 radical (unpaired) electrons. The van der Waals surface area contributed by atoms with Crippen molar-refractivity contribution < 1.29 is 0 Å². The van der Waals surface area contributed by atoms with Crippen LogP contribution in [0.1, 0.15) is 31.4 Å². The zero-order valence-corrected chi connectivity index (χ0v) is 10.7. The molecule has 0 saturated heterocycles. The van der Waals surface area contributed by atoms with E-state index in [1.54, 1.807) is 0 Å². The van der Waals surface area contributed by atoms with Crippen LogP contribution in [-0.2, 0) is 0 Å². The topological polar surface area (TPSA) is 24.9 Å². The third-order valence-electron chi connectivity index (χ3n) is 3.08. The lowest BCUT2D eigenvalue weighted by Crippen LogP contribution is -2.21. The van der Waals surface area contributed by atoms with Crippen LogP contribution in [-0.4, -0.2) is 11.5 Å². The highest BCUT2D eigenvalue weighted by atomic mass is 14.9. The van der Waals surface area contributed by atoms with Gasteiger partial charge in [-0.05, 0) is 30.7 Å². The van der Waals surface area contributed by atoms with Crippen LogP contribution < -0.4 is 5.32 Å². The van der Waals surface area contributed by atoms with Crippen molar-refractivity contribution in [1.29, 1.82) is 0 Å². The molecule has 0 fully saturated rings. The molecule has 0 aliphatic carbocycles. The second kappa shape index (κ2) is 6.18. The maximum absolute atomic E-state index is 5.37. The van der Waals surface area contributed by atoms with Crippen molar-refractivity contribution in [2.24, 2.45) is 0 Å². The number of benzene rings is 1. The molecule has 0 amide bonds. The SMILES string of the molecule is C#CCCC(NCC)c1cccc2ncccc12. The molecular weight excluding hydrogens is 220 g/mol. The Bertz CT molecular complexity index is 549. The summed E-state index contributed by atoms with van der Waals surface area (Å²) in [7, 11) is 0. The summed E-state index contributed by atoms with van der Waals surface area (Å²) in [4.78, 5) is 4.40. The van der Waals surface area contributed by atoms with Gasteiger partial charge in [-0.15, -0.1) is 12.3 Å². The van der Waals surface area contributed by atoms with Gasteiger partial charge in [-0.3, -0.25) is 4.98 Å². The molecule has 0 aliphatic heterocycles. The fraction of sp³-hybridized carbons (Fsp3) is 0.312. The highest BCUT2D eigenvalue weighted by Crippen LogP contribution is 2.25. The number of hydrogen-bond donors (Lipinski definition) is 1. The van der Waals surface area contributed by atoms with Gasteiger partial charge in [0.1, 0.15) is 0 Å². The maximum Gasteiger partial charge on any atom is 0.0705 e. The second-order valence-electron chi connectivity index (χ2n) is 4.27. The second-order valence-corrected chi connectivity index (χ2v) is 4.27. The van der Waals surface area contributed by atoms with E-state index in [-0.39, 0.29) is 0 Å². The summed E-state index contributed by atoms with van der Waals surface area (Å²) in [5.74, 6) is 2.72. The van der Waals surface area contributed by atoms with Crippen LogP contribution in [0.15, 0.2) is 36.5 Å². The van der Waals surface area contributed by atoms with Gasteiger partial charge in [-0.2, -0.15) is 0 Å². The van der Waals surface area contributed by atoms with Crippen molar-refractivity contribution in [3.8, 4) is 12.3 Å². The molecule has 1 unspecified atom stereocenters. The minimum absolute atomic E-state index is 0.305. The lowest BCUT2D eigenvalue weighted by Gasteiger charge is -2.19. The van der Waals surface area contributed by atoms with Crippen LogP contribution >= 0.6 is 0 Å². The van der Waals surface area contributed by atoms with Gasteiger partial charge >= 0.3 is 0 Å². The average Bonchev–Trinajstić information content (AvgIpc) is 2.43. The van der Waals surface area contributed by atoms with E-state index in [2.05, 4.69) is 41.3 Å². The van der Waals surface area contributed by atoms with E-state index in [4.69, 9.17) is 6.42 Å². The van der Waals surface area contributed by atoms with Crippen molar-refractivity contribution in [1.82, 2.24) is 10.3 Å². The Morgan fingerprint density at radius 1 is 1.33 bits per heavy atom. The van der Waals surface area contributed by atoms with Gasteiger partial charge in [0.05, 0.1) is 5.52 Å². The Balaban J connectivity index is 2.40. The van der Waals surface area contributed by atoms with E-state index < -0.39 is 0 Å². The summed E-state index contributed by atoms with van der Waals surface area (Å²) in [6, 6.07) is 10.7. The number of hydrogen-bond acceptors (Lipinski definition) is 2. The molecule has 2 nitrogen and oxygen atoms in total. The predicted octanol–water partition coefficient (Wildman–Crippen LogP) is 3.30. The highest BCUT2D eigenvalue weighted by Gasteiger charge is 2.12. The molecule has 92 valence electrons. The minimum atomic E-state index is 0.305. The molecule has 18 heavy (non-hydrogen) atoms. The molecule has 1 atom stereocenters. The quantitative estimate of drug-likeness (QED) is 0.808. The summed E-state index contributed by atoms with van der Waals surface area (Å²) in [5.41, 5.74) is 2.33. The number of rotatable bonds is 5. The Kier molecular flexibility index (Phi) is 4.33. The largest absolute Gasteiger partial charge is 0.310 e. The van der Waals surface area contributed by atoms with Crippen molar-refractivity contribution in [2.45, 2.75) is 25.8 Å². The fourth-order valence-electron chi connectivity index (χ4n) is 2.27. The van der Waals surface area contributed by atoms with Crippen LogP contribution in [0.5, 0.6) is 0 Å². The van der Waals surface area contributed by atoms with Crippen molar-refractivity contribution >= 4 is 10.9 Å². The minimum Gasteiger partial charge on any atom is -0.310 e. The first-order valence-corrected chi connectivity index (χ1v) is 6.37. The Hall–Kier alpha value is -1.85. The zero-order chi connectivity index (χ0) is 12.8. The van der Waals surface area contributed by atoms with Crippen LogP contribution in [0, 0.1) is 12.3 Å².